The Hall–Kier alpha value is -2.87. The van der Waals surface area contributed by atoms with E-state index in [9.17, 15) is 4.79 Å². The van der Waals surface area contributed by atoms with Crippen LogP contribution in [0, 0.1) is 0 Å². The molecular formula is C21H21BrN4O3. The van der Waals surface area contributed by atoms with Gasteiger partial charge in [-0.05, 0) is 65.2 Å². The number of amides is 2. The molecule has 0 bridgehead atoms. The number of methoxy groups -OCH3 is 1. The van der Waals surface area contributed by atoms with Gasteiger partial charge in [0.25, 0.3) is 0 Å². The number of likely N-dealkylation sites (tertiary alicyclic amines) is 1. The van der Waals surface area contributed by atoms with Gasteiger partial charge in [-0.25, -0.2) is 4.79 Å². The predicted molar refractivity (Wildman–Crippen MR) is 113 cm³/mol. The first kappa shape index (κ1) is 19.4. The van der Waals surface area contributed by atoms with Crippen molar-refractivity contribution >= 4 is 27.6 Å². The molecule has 3 aromatic rings. The van der Waals surface area contributed by atoms with E-state index in [4.69, 9.17) is 9.26 Å². The van der Waals surface area contributed by atoms with Gasteiger partial charge in [0.1, 0.15) is 5.75 Å². The second-order valence-electron chi connectivity index (χ2n) is 6.86. The lowest BCUT2D eigenvalue weighted by atomic mass is 9.97. The first-order valence-corrected chi connectivity index (χ1v) is 10.2. The molecule has 1 N–H and O–H groups in total. The molecule has 1 saturated heterocycles. The number of benzene rings is 2. The predicted octanol–water partition coefficient (Wildman–Crippen LogP) is 4.92. The van der Waals surface area contributed by atoms with Gasteiger partial charge >= 0.3 is 6.03 Å². The molecule has 1 fully saturated rings. The quantitative estimate of drug-likeness (QED) is 0.602. The molecule has 150 valence electrons. The fraction of sp³-hybridized carbons (Fsp3) is 0.286. The Kier molecular flexibility index (Phi) is 5.80. The zero-order chi connectivity index (χ0) is 20.2. The van der Waals surface area contributed by atoms with Crippen LogP contribution in [-0.4, -0.2) is 41.3 Å². The average molecular weight is 457 g/mol. The lowest BCUT2D eigenvalue weighted by Gasteiger charge is -2.30. The summed E-state index contributed by atoms with van der Waals surface area (Å²) in [7, 11) is 1.63. The van der Waals surface area contributed by atoms with Gasteiger partial charge in [-0.3, -0.25) is 0 Å². The van der Waals surface area contributed by atoms with E-state index < -0.39 is 0 Å². The summed E-state index contributed by atoms with van der Waals surface area (Å²) in [4.78, 5) is 18.9. The maximum Gasteiger partial charge on any atom is 0.321 e. The number of urea groups is 1. The Morgan fingerprint density at radius 1 is 1.17 bits per heavy atom. The van der Waals surface area contributed by atoms with Gasteiger partial charge in [0.15, 0.2) is 0 Å². The molecule has 1 aliphatic heterocycles. The van der Waals surface area contributed by atoms with Crippen LogP contribution in [0.25, 0.3) is 11.4 Å². The number of piperidine rings is 1. The van der Waals surface area contributed by atoms with Crippen LogP contribution < -0.4 is 10.1 Å². The molecule has 0 aliphatic carbocycles. The fourth-order valence-electron chi connectivity index (χ4n) is 3.34. The normalized spacial score (nSPS) is 14.6. The lowest BCUT2D eigenvalue weighted by molar-refractivity contribution is 0.187. The van der Waals surface area contributed by atoms with Gasteiger partial charge < -0.3 is 19.5 Å². The highest BCUT2D eigenvalue weighted by Crippen LogP contribution is 2.29. The van der Waals surface area contributed by atoms with Crippen molar-refractivity contribution in [2.24, 2.45) is 0 Å². The van der Waals surface area contributed by atoms with E-state index in [0.29, 0.717) is 24.8 Å². The van der Waals surface area contributed by atoms with Crippen molar-refractivity contribution in [2.75, 3.05) is 25.5 Å². The number of rotatable bonds is 4. The third kappa shape index (κ3) is 4.42. The van der Waals surface area contributed by atoms with E-state index in [0.717, 1.165) is 34.3 Å². The standard InChI is InChI=1S/C21H21BrN4O3/c1-28-16-8-6-14(7-9-16)19-24-20(29-25-19)15-10-12-26(13-11-15)21(27)23-18-5-3-2-4-17(18)22/h2-9,15H,10-13H2,1H3,(H,23,27). The van der Waals surface area contributed by atoms with E-state index in [1.54, 1.807) is 7.11 Å². The third-order valence-electron chi connectivity index (χ3n) is 5.04. The molecule has 0 saturated carbocycles. The monoisotopic (exact) mass is 456 g/mol. The highest BCUT2D eigenvalue weighted by Gasteiger charge is 2.28. The van der Waals surface area contributed by atoms with Crippen LogP contribution >= 0.6 is 15.9 Å². The smallest absolute Gasteiger partial charge is 0.321 e. The van der Waals surface area contributed by atoms with Crippen molar-refractivity contribution in [1.82, 2.24) is 15.0 Å². The number of carbonyl (C=O) groups is 1. The van der Waals surface area contributed by atoms with Crippen molar-refractivity contribution in [1.29, 1.82) is 0 Å². The summed E-state index contributed by atoms with van der Waals surface area (Å²) in [6.07, 6.45) is 1.57. The van der Waals surface area contributed by atoms with Gasteiger partial charge in [0.05, 0.1) is 12.8 Å². The second kappa shape index (κ2) is 8.65. The van der Waals surface area contributed by atoms with Gasteiger partial charge in [0, 0.05) is 29.0 Å². The summed E-state index contributed by atoms with van der Waals surface area (Å²) >= 11 is 3.45. The van der Waals surface area contributed by atoms with E-state index in [-0.39, 0.29) is 11.9 Å². The van der Waals surface area contributed by atoms with E-state index in [1.165, 1.54) is 0 Å². The number of para-hydroxylation sites is 1. The Labute approximate surface area is 177 Å². The van der Waals surface area contributed by atoms with Gasteiger partial charge in [-0.2, -0.15) is 4.98 Å². The number of aromatic nitrogens is 2. The zero-order valence-corrected chi connectivity index (χ0v) is 17.6. The SMILES string of the molecule is COc1ccc(-c2noc(C3CCN(C(=O)Nc4ccccc4Br)CC3)n2)cc1. The maximum atomic E-state index is 12.5. The molecule has 2 heterocycles. The lowest BCUT2D eigenvalue weighted by Crippen LogP contribution is -2.40. The van der Waals surface area contributed by atoms with Gasteiger partial charge in [0.2, 0.25) is 11.7 Å². The second-order valence-corrected chi connectivity index (χ2v) is 7.71. The molecule has 2 amide bonds. The fourth-order valence-corrected chi connectivity index (χ4v) is 3.73. The zero-order valence-electron chi connectivity index (χ0n) is 16.0. The minimum Gasteiger partial charge on any atom is -0.497 e. The van der Waals surface area contributed by atoms with Gasteiger partial charge in [-0.1, -0.05) is 17.3 Å². The minimum atomic E-state index is -0.0974. The van der Waals surface area contributed by atoms with Crippen molar-refractivity contribution in [3.8, 4) is 17.1 Å². The molecule has 2 aromatic carbocycles. The Balaban J connectivity index is 1.35. The molecule has 0 radical (unpaired) electrons. The molecule has 0 atom stereocenters. The van der Waals surface area contributed by atoms with Crippen LogP contribution in [0.3, 0.4) is 0 Å². The van der Waals surface area contributed by atoms with Crippen molar-refractivity contribution in [2.45, 2.75) is 18.8 Å². The maximum absolute atomic E-state index is 12.5. The van der Waals surface area contributed by atoms with Crippen LogP contribution in [0.15, 0.2) is 57.5 Å². The third-order valence-corrected chi connectivity index (χ3v) is 5.73. The highest BCUT2D eigenvalue weighted by atomic mass is 79.9. The minimum absolute atomic E-state index is 0.0974. The summed E-state index contributed by atoms with van der Waals surface area (Å²) in [5.41, 5.74) is 1.65. The Morgan fingerprint density at radius 2 is 1.90 bits per heavy atom. The van der Waals surface area contributed by atoms with Crippen LogP contribution in [0.2, 0.25) is 0 Å². The van der Waals surface area contributed by atoms with Crippen molar-refractivity contribution in [3.63, 3.8) is 0 Å². The molecule has 4 rings (SSSR count). The molecule has 0 spiro atoms. The number of ether oxygens (including phenoxy) is 1. The molecule has 1 aromatic heterocycles. The molecule has 1 aliphatic rings. The number of hydrogen-bond acceptors (Lipinski definition) is 5. The van der Waals surface area contributed by atoms with Crippen LogP contribution in [0.1, 0.15) is 24.7 Å². The first-order chi connectivity index (χ1) is 14.1. The summed E-state index contributed by atoms with van der Waals surface area (Å²) in [5, 5.41) is 7.06. The molecule has 8 heteroatoms. The van der Waals surface area contributed by atoms with Crippen molar-refractivity contribution < 1.29 is 14.1 Å². The Morgan fingerprint density at radius 3 is 2.59 bits per heavy atom. The van der Waals surface area contributed by atoms with Gasteiger partial charge in [-0.15, -0.1) is 0 Å². The van der Waals surface area contributed by atoms with Crippen LogP contribution in [0.4, 0.5) is 10.5 Å². The van der Waals surface area contributed by atoms with Crippen LogP contribution in [0.5, 0.6) is 5.75 Å². The van der Waals surface area contributed by atoms with E-state index in [2.05, 4.69) is 31.4 Å². The number of halogens is 1. The topological polar surface area (TPSA) is 80.5 Å². The van der Waals surface area contributed by atoms with E-state index in [1.807, 2.05) is 53.4 Å². The number of hydrogen-bond donors (Lipinski definition) is 1. The summed E-state index contributed by atoms with van der Waals surface area (Å²) in [6, 6.07) is 15.0. The largest absolute Gasteiger partial charge is 0.497 e. The summed E-state index contributed by atoms with van der Waals surface area (Å²) in [5.74, 6) is 2.13. The number of carbonyl (C=O) groups excluding carboxylic acids is 1. The number of nitrogens with one attached hydrogen (secondary N) is 1. The first-order valence-electron chi connectivity index (χ1n) is 9.42. The summed E-state index contributed by atoms with van der Waals surface area (Å²) in [6.45, 7) is 1.28. The van der Waals surface area contributed by atoms with E-state index >= 15 is 0 Å². The molecule has 29 heavy (non-hydrogen) atoms. The number of nitrogens with zero attached hydrogens (tertiary/aromatic N) is 3. The number of anilines is 1. The molecule has 0 unspecified atom stereocenters. The van der Waals surface area contributed by atoms with Crippen LogP contribution in [-0.2, 0) is 0 Å². The average Bonchev–Trinajstić information content (AvgIpc) is 3.26. The molecule has 7 nitrogen and oxygen atoms in total. The highest BCUT2D eigenvalue weighted by molar-refractivity contribution is 9.10. The summed E-state index contributed by atoms with van der Waals surface area (Å²) < 4.78 is 11.5. The molecular weight excluding hydrogens is 436 g/mol. The Bertz CT molecular complexity index is 982. The van der Waals surface area contributed by atoms with Crippen molar-refractivity contribution in [3.05, 3.63) is 58.9 Å².